The number of halogens is 1. The maximum atomic E-state index is 12.9. The van der Waals surface area contributed by atoms with Gasteiger partial charge in [-0.3, -0.25) is 4.79 Å². The molecule has 9 heteroatoms. The number of nitrogens with one attached hydrogen (secondary N) is 1. The number of aromatic nitrogens is 2. The molecule has 7 nitrogen and oxygen atoms in total. The smallest absolute Gasteiger partial charge is 0.258 e. The highest BCUT2D eigenvalue weighted by atomic mass is 35.5. The van der Waals surface area contributed by atoms with E-state index in [0.717, 1.165) is 5.69 Å². The molecule has 1 aromatic heterocycles. The topological polar surface area (TPSA) is 84.3 Å². The van der Waals surface area contributed by atoms with E-state index in [-0.39, 0.29) is 27.1 Å². The van der Waals surface area contributed by atoms with Gasteiger partial charge >= 0.3 is 0 Å². The molecule has 0 aliphatic rings. The van der Waals surface area contributed by atoms with Crippen LogP contribution in [0.1, 0.15) is 50.7 Å². The Morgan fingerprint density at radius 2 is 1.86 bits per heavy atom. The fourth-order valence-corrected chi connectivity index (χ4v) is 4.16. The first-order chi connectivity index (χ1) is 12.7. The number of hydrogen-bond acceptors (Lipinski definition) is 4. The van der Waals surface area contributed by atoms with Gasteiger partial charge in [0.1, 0.15) is 5.82 Å². The monoisotopic (exact) mass is 426 g/mol. The fourth-order valence-electron chi connectivity index (χ4n) is 2.57. The van der Waals surface area contributed by atoms with E-state index in [1.165, 1.54) is 29.6 Å². The van der Waals surface area contributed by atoms with Crippen LogP contribution < -0.4 is 5.32 Å². The number of anilines is 1. The molecule has 2 aromatic rings. The van der Waals surface area contributed by atoms with E-state index in [4.69, 9.17) is 11.6 Å². The predicted octanol–water partition coefficient (Wildman–Crippen LogP) is 3.88. The highest BCUT2D eigenvalue weighted by molar-refractivity contribution is 7.89. The molecule has 1 N–H and O–H groups in total. The minimum absolute atomic E-state index is 0.0127. The third-order valence-corrected chi connectivity index (χ3v) is 6.65. The van der Waals surface area contributed by atoms with Gasteiger partial charge in [-0.25, -0.2) is 13.1 Å². The van der Waals surface area contributed by atoms with Crippen molar-refractivity contribution in [2.75, 3.05) is 12.4 Å². The van der Waals surface area contributed by atoms with E-state index in [1.54, 1.807) is 24.6 Å². The number of rotatable bonds is 5. The number of aryl methyl sites for hydroxylation is 1. The van der Waals surface area contributed by atoms with Gasteiger partial charge in [0.25, 0.3) is 5.91 Å². The summed E-state index contributed by atoms with van der Waals surface area (Å²) in [7, 11) is -2.24. The minimum atomic E-state index is -3.73. The Kier molecular flexibility index (Phi) is 6.28. The molecule has 0 bridgehead atoms. The lowest BCUT2D eigenvalue weighted by atomic mass is 10.1. The highest BCUT2D eigenvalue weighted by Crippen LogP contribution is 2.26. The summed E-state index contributed by atoms with van der Waals surface area (Å²) in [5.74, 6) is 0.0123. The average molecular weight is 427 g/mol. The first-order valence-electron chi connectivity index (χ1n) is 8.91. The molecule has 0 fully saturated rings. The summed E-state index contributed by atoms with van der Waals surface area (Å²) in [5.41, 5.74) is 0.497. The minimum Gasteiger partial charge on any atom is -0.307 e. The number of carbonyl (C=O) groups excluding carboxylic acids is 1. The Balaban J connectivity index is 2.43. The summed E-state index contributed by atoms with van der Waals surface area (Å²) in [6, 6.07) is 5.66. The van der Waals surface area contributed by atoms with Gasteiger partial charge in [-0.1, -0.05) is 11.6 Å². The van der Waals surface area contributed by atoms with Crippen molar-refractivity contribution in [3.8, 4) is 0 Å². The van der Waals surface area contributed by atoms with Crippen LogP contribution >= 0.6 is 11.6 Å². The Bertz CT molecular complexity index is 991. The summed E-state index contributed by atoms with van der Waals surface area (Å²) < 4.78 is 28.4. The highest BCUT2D eigenvalue weighted by Gasteiger charge is 2.26. The molecule has 0 radical (unpaired) electrons. The third kappa shape index (κ3) is 4.56. The first-order valence-corrected chi connectivity index (χ1v) is 10.7. The van der Waals surface area contributed by atoms with Crippen molar-refractivity contribution in [2.24, 2.45) is 0 Å². The second kappa shape index (κ2) is 7.85. The normalized spacial score (nSPS) is 12.6. The number of amides is 1. The predicted molar refractivity (Wildman–Crippen MR) is 111 cm³/mol. The number of hydrogen-bond donors (Lipinski definition) is 1. The van der Waals surface area contributed by atoms with Gasteiger partial charge in [-0.05, 0) is 59.7 Å². The van der Waals surface area contributed by atoms with E-state index >= 15 is 0 Å². The molecule has 1 heterocycles. The van der Waals surface area contributed by atoms with Crippen molar-refractivity contribution in [3.05, 3.63) is 40.5 Å². The Hall–Kier alpha value is -1.90. The summed E-state index contributed by atoms with van der Waals surface area (Å²) >= 11 is 6.19. The fraction of sp³-hybridized carbons (Fsp3) is 0.474. The molecule has 0 aliphatic carbocycles. The average Bonchev–Trinajstić information content (AvgIpc) is 2.94. The summed E-state index contributed by atoms with van der Waals surface area (Å²) in [6.07, 6.45) is 0. The van der Waals surface area contributed by atoms with Crippen molar-refractivity contribution in [3.63, 3.8) is 0 Å². The number of benzene rings is 1. The lowest BCUT2D eigenvalue weighted by molar-refractivity contribution is 0.102. The second-order valence-corrected chi connectivity index (χ2v) is 10.4. The number of nitrogens with zero attached hydrogens (tertiary/aromatic N) is 3. The van der Waals surface area contributed by atoms with E-state index in [9.17, 15) is 13.2 Å². The molecule has 0 aliphatic heterocycles. The van der Waals surface area contributed by atoms with Crippen LogP contribution in [0, 0.1) is 6.92 Å². The lowest BCUT2D eigenvalue weighted by Gasteiger charge is -2.23. The summed E-state index contributed by atoms with van der Waals surface area (Å²) in [4.78, 5) is 12.9. The zero-order valence-electron chi connectivity index (χ0n) is 17.2. The van der Waals surface area contributed by atoms with Crippen molar-refractivity contribution in [2.45, 2.75) is 58.0 Å². The van der Waals surface area contributed by atoms with Gasteiger partial charge in [-0.2, -0.15) is 9.40 Å². The van der Waals surface area contributed by atoms with Crippen LogP contribution in [-0.2, 0) is 15.6 Å². The third-order valence-electron chi connectivity index (χ3n) is 4.30. The second-order valence-electron chi connectivity index (χ2n) is 7.96. The van der Waals surface area contributed by atoms with Gasteiger partial charge in [0, 0.05) is 19.2 Å². The number of carbonyl (C=O) groups is 1. The van der Waals surface area contributed by atoms with Crippen LogP contribution in [-0.4, -0.2) is 41.5 Å². The molecule has 28 heavy (non-hydrogen) atoms. The molecule has 0 saturated carbocycles. The Morgan fingerprint density at radius 3 is 2.39 bits per heavy atom. The molecular weight excluding hydrogens is 400 g/mol. The molecule has 154 valence electrons. The Labute approximate surface area is 171 Å². The largest absolute Gasteiger partial charge is 0.307 e. The molecule has 0 unspecified atom stereocenters. The molecule has 0 atom stereocenters. The molecule has 1 amide bonds. The molecule has 0 spiro atoms. The maximum absolute atomic E-state index is 12.9. The van der Waals surface area contributed by atoms with Gasteiger partial charge in [0.15, 0.2) is 0 Å². The number of sulfonamides is 1. The van der Waals surface area contributed by atoms with E-state index < -0.39 is 15.9 Å². The Morgan fingerprint density at radius 1 is 1.25 bits per heavy atom. The van der Waals surface area contributed by atoms with E-state index in [2.05, 4.69) is 10.4 Å². The summed E-state index contributed by atoms with van der Waals surface area (Å²) in [6.45, 7) is 11.3. The van der Waals surface area contributed by atoms with Crippen molar-refractivity contribution >= 4 is 33.3 Å². The van der Waals surface area contributed by atoms with Gasteiger partial charge in [0.05, 0.1) is 26.7 Å². The van der Waals surface area contributed by atoms with Gasteiger partial charge in [0.2, 0.25) is 10.0 Å². The van der Waals surface area contributed by atoms with Gasteiger partial charge in [-0.15, -0.1) is 0 Å². The van der Waals surface area contributed by atoms with Crippen LogP contribution in [0.15, 0.2) is 29.2 Å². The van der Waals surface area contributed by atoms with Gasteiger partial charge < -0.3 is 5.32 Å². The zero-order chi connectivity index (χ0) is 21.4. The molecule has 1 aromatic carbocycles. The van der Waals surface area contributed by atoms with E-state index in [0.29, 0.717) is 5.82 Å². The van der Waals surface area contributed by atoms with Crippen LogP contribution in [0.2, 0.25) is 5.02 Å². The molecule has 2 rings (SSSR count). The van der Waals surface area contributed by atoms with Crippen LogP contribution in [0.5, 0.6) is 0 Å². The maximum Gasteiger partial charge on any atom is 0.258 e. The quantitative estimate of drug-likeness (QED) is 0.786. The van der Waals surface area contributed by atoms with Crippen LogP contribution in [0.25, 0.3) is 0 Å². The standard InChI is InChI=1S/C19H27ClN4O3S/c1-12(2)23(7)28(26,27)14-8-9-16(20)15(11-14)18(25)21-17-10-13(3)22-24(17)19(4,5)6/h8-12H,1-7H3,(H,21,25). The molecule has 0 saturated heterocycles. The zero-order valence-corrected chi connectivity index (χ0v) is 18.8. The first kappa shape index (κ1) is 22.4. The summed E-state index contributed by atoms with van der Waals surface area (Å²) in [5, 5.41) is 7.38. The van der Waals surface area contributed by atoms with Crippen LogP contribution in [0.4, 0.5) is 5.82 Å². The molecular formula is C19H27ClN4O3S. The SMILES string of the molecule is Cc1cc(NC(=O)c2cc(S(=O)(=O)N(C)C(C)C)ccc2Cl)n(C(C)(C)C)n1. The van der Waals surface area contributed by atoms with Crippen LogP contribution in [0.3, 0.4) is 0 Å². The lowest BCUT2D eigenvalue weighted by Crippen LogP contribution is -2.33. The van der Waals surface area contributed by atoms with Crippen molar-refractivity contribution in [1.82, 2.24) is 14.1 Å². The van der Waals surface area contributed by atoms with Crippen molar-refractivity contribution < 1.29 is 13.2 Å². The van der Waals surface area contributed by atoms with Crippen molar-refractivity contribution in [1.29, 1.82) is 0 Å². The van der Waals surface area contributed by atoms with E-state index in [1.807, 2.05) is 27.7 Å².